The van der Waals surface area contributed by atoms with Gasteiger partial charge in [-0.25, -0.2) is 0 Å². The maximum atomic E-state index is 2.42. The molecule has 0 aliphatic carbocycles. The monoisotopic (exact) mass is 367 g/mol. The minimum absolute atomic E-state index is 0. The van der Waals surface area contributed by atoms with Crippen LogP contribution in [0.3, 0.4) is 0 Å². The minimum Gasteiger partial charge on any atom is -1.00 e. The third-order valence-corrected chi connectivity index (χ3v) is 5.47. The molecule has 1 aromatic carbocycles. The first-order valence-corrected chi connectivity index (χ1v) is 10.6. The van der Waals surface area contributed by atoms with E-state index in [1.807, 2.05) is 0 Å². The van der Waals surface area contributed by atoms with Crippen molar-refractivity contribution in [2.75, 3.05) is 20.1 Å². The highest BCUT2D eigenvalue weighted by Gasteiger charge is 2.18. The predicted octanol–water partition coefficient (Wildman–Crippen LogP) is 3.97. The molecule has 25 heavy (non-hydrogen) atoms. The highest BCUT2D eigenvalue weighted by atomic mass is 35.5. The normalized spacial score (nSPS) is 13.2. The third kappa shape index (κ3) is 12.5. The van der Waals surface area contributed by atoms with Gasteiger partial charge in [0.1, 0.15) is 6.54 Å². The Bertz CT molecular complexity index is 392. The number of rotatable bonds is 15. The Hall–Kier alpha value is -0.530. The molecule has 0 radical (unpaired) electrons. The summed E-state index contributed by atoms with van der Waals surface area (Å²) in [5.41, 5.74) is 1.48. The maximum Gasteiger partial charge on any atom is 0.104 e. The zero-order chi connectivity index (χ0) is 17.5. The Morgan fingerprint density at radius 3 is 1.64 bits per heavy atom. The molecule has 0 aromatic heterocycles. The third-order valence-electron chi connectivity index (χ3n) is 5.47. The molecule has 0 amide bonds. The highest BCUT2D eigenvalue weighted by molar-refractivity contribution is 5.13. The zero-order valence-corrected chi connectivity index (χ0v) is 17.9. The Balaban J connectivity index is 0.00000576. The van der Waals surface area contributed by atoms with E-state index in [2.05, 4.69) is 51.2 Å². The number of hydrogen-bond acceptors (Lipinski definition) is 0. The summed E-state index contributed by atoms with van der Waals surface area (Å²) in [7, 11) is 2.42. The molecule has 1 atom stereocenters. The van der Waals surface area contributed by atoms with Gasteiger partial charge >= 0.3 is 0 Å². The Morgan fingerprint density at radius 1 is 0.680 bits per heavy atom. The minimum atomic E-state index is 0. The summed E-state index contributed by atoms with van der Waals surface area (Å²) >= 11 is 0. The van der Waals surface area contributed by atoms with Crippen molar-refractivity contribution in [3.05, 3.63) is 35.9 Å². The first-order valence-electron chi connectivity index (χ1n) is 10.6. The van der Waals surface area contributed by atoms with Gasteiger partial charge in [0.15, 0.2) is 0 Å². The average Bonchev–Trinajstić information content (AvgIpc) is 2.60. The molecule has 0 saturated carbocycles. The zero-order valence-electron chi connectivity index (χ0n) is 17.1. The number of benzene rings is 1. The van der Waals surface area contributed by atoms with E-state index in [1.54, 1.807) is 0 Å². The van der Waals surface area contributed by atoms with Crippen LogP contribution in [0.4, 0.5) is 0 Å². The summed E-state index contributed by atoms with van der Waals surface area (Å²) in [5.74, 6) is 0. The number of hydrogen-bond donors (Lipinski definition) is 0. The second kappa shape index (κ2) is 15.7. The Morgan fingerprint density at radius 2 is 1.16 bits per heavy atom. The van der Waals surface area contributed by atoms with Gasteiger partial charge in [0.2, 0.25) is 0 Å². The second-order valence-electron chi connectivity index (χ2n) is 7.84. The largest absolute Gasteiger partial charge is 1.00 e. The van der Waals surface area contributed by atoms with Crippen molar-refractivity contribution in [3.63, 3.8) is 0 Å². The molecular formula is C23H42ClN. The van der Waals surface area contributed by atoms with Gasteiger partial charge in [0.05, 0.1) is 20.1 Å². The smallest absolute Gasteiger partial charge is 0.104 e. The van der Waals surface area contributed by atoms with E-state index in [-0.39, 0.29) is 12.4 Å². The van der Waals surface area contributed by atoms with E-state index in [0.717, 1.165) is 0 Å². The summed E-state index contributed by atoms with van der Waals surface area (Å²) in [6, 6.07) is 11.0. The lowest BCUT2D eigenvalue weighted by Gasteiger charge is -2.33. The van der Waals surface area contributed by atoms with E-state index in [4.69, 9.17) is 0 Å². The molecule has 0 fully saturated rings. The SMILES string of the molecule is CCCCCCCCCCCCC[N+](C)(CC)Cc1ccccc1.[Cl-]. The van der Waals surface area contributed by atoms with Crippen LogP contribution >= 0.6 is 0 Å². The van der Waals surface area contributed by atoms with E-state index >= 15 is 0 Å². The predicted molar refractivity (Wildman–Crippen MR) is 108 cm³/mol. The van der Waals surface area contributed by atoms with Crippen LogP contribution in [-0.2, 0) is 6.54 Å². The summed E-state index contributed by atoms with van der Waals surface area (Å²) in [6.07, 6.45) is 15.7. The van der Waals surface area contributed by atoms with Crippen LogP contribution in [0.1, 0.15) is 90.0 Å². The van der Waals surface area contributed by atoms with Gasteiger partial charge in [-0.2, -0.15) is 0 Å². The van der Waals surface area contributed by atoms with Crippen LogP contribution in [0.2, 0.25) is 0 Å². The van der Waals surface area contributed by atoms with E-state index in [1.165, 1.54) is 100 Å². The van der Waals surface area contributed by atoms with Crippen molar-refractivity contribution in [2.45, 2.75) is 91.0 Å². The fraction of sp³-hybridized carbons (Fsp3) is 0.739. The number of halogens is 1. The first-order chi connectivity index (χ1) is 11.7. The van der Waals surface area contributed by atoms with Crippen LogP contribution in [0.15, 0.2) is 30.3 Å². The number of quaternary nitrogens is 1. The summed E-state index contributed by atoms with van der Waals surface area (Å²) in [6.45, 7) is 8.35. The van der Waals surface area contributed by atoms with Gasteiger partial charge in [-0.1, -0.05) is 95.0 Å². The standard InChI is InChI=1S/C23H42N.ClH/c1-4-6-7-8-9-10-11-12-13-14-18-21-24(3,5-2)22-23-19-16-15-17-20-23;/h15-17,19-20H,4-14,18,21-22H2,1-3H3;1H/q+1;/p-1. The summed E-state index contributed by atoms with van der Waals surface area (Å²) in [5, 5.41) is 0. The first kappa shape index (κ1) is 24.5. The lowest BCUT2D eigenvalue weighted by atomic mass is 10.1. The maximum absolute atomic E-state index is 2.42. The lowest BCUT2D eigenvalue weighted by Crippen LogP contribution is -3.00. The lowest BCUT2D eigenvalue weighted by molar-refractivity contribution is -0.921. The Kier molecular flexibility index (Phi) is 15.4. The van der Waals surface area contributed by atoms with E-state index < -0.39 is 0 Å². The molecular weight excluding hydrogens is 326 g/mol. The van der Waals surface area contributed by atoms with Crippen LogP contribution in [0.25, 0.3) is 0 Å². The van der Waals surface area contributed by atoms with Gasteiger partial charge < -0.3 is 16.9 Å². The molecule has 0 heterocycles. The van der Waals surface area contributed by atoms with Crippen molar-refractivity contribution in [1.29, 1.82) is 0 Å². The van der Waals surface area contributed by atoms with Crippen LogP contribution < -0.4 is 12.4 Å². The van der Waals surface area contributed by atoms with Crippen molar-refractivity contribution < 1.29 is 16.9 Å². The van der Waals surface area contributed by atoms with Gasteiger partial charge in [-0.15, -0.1) is 0 Å². The second-order valence-corrected chi connectivity index (χ2v) is 7.84. The molecule has 0 aliphatic rings. The molecule has 0 aliphatic heterocycles. The van der Waals surface area contributed by atoms with Gasteiger partial charge in [0.25, 0.3) is 0 Å². The molecule has 1 rings (SSSR count). The summed E-state index contributed by atoms with van der Waals surface area (Å²) in [4.78, 5) is 0. The molecule has 0 bridgehead atoms. The molecule has 0 N–H and O–H groups in total. The number of unbranched alkanes of at least 4 members (excludes halogenated alkanes) is 10. The van der Waals surface area contributed by atoms with Crippen molar-refractivity contribution in [1.82, 2.24) is 0 Å². The molecule has 2 heteroatoms. The van der Waals surface area contributed by atoms with E-state index in [0.29, 0.717) is 0 Å². The van der Waals surface area contributed by atoms with Gasteiger partial charge in [-0.3, -0.25) is 0 Å². The summed E-state index contributed by atoms with van der Waals surface area (Å²) < 4.78 is 1.18. The van der Waals surface area contributed by atoms with Crippen molar-refractivity contribution >= 4 is 0 Å². The molecule has 0 saturated heterocycles. The molecule has 0 spiro atoms. The van der Waals surface area contributed by atoms with Gasteiger partial charge in [0, 0.05) is 5.56 Å². The molecule has 1 unspecified atom stereocenters. The highest BCUT2D eigenvalue weighted by Crippen LogP contribution is 2.15. The topological polar surface area (TPSA) is 0 Å². The van der Waals surface area contributed by atoms with Gasteiger partial charge in [-0.05, 0) is 19.8 Å². The fourth-order valence-corrected chi connectivity index (χ4v) is 3.53. The Labute approximate surface area is 164 Å². The molecule has 1 aromatic rings. The number of nitrogens with zero attached hydrogens (tertiary/aromatic N) is 1. The van der Waals surface area contributed by atoms with Crippen LogP contribution in [-0.4, -0.2) is 24.6 Å². The van der Waals surface area contributed by atoms with Crippen molar-refractivity contribution in [3.8, 4) is 0 Å². The molecule has 146 valence electrons. The van der Waals surface area contributed by atoms with Crippen LogP contribution in [0, 0.1) is 0 Å². The quantitative estimate of drug-likeness (QED) is 0.325. The van der Waals surface area contributed by atoms with E-state index in [9.17, 15) is 0 Å². The molecule has 1 nitrogen and oxygen atoms in total. The fourth-order valence-electron chi connectivity index (χ4n) is 3.53. The average molecular weight is 368 g/mol. The van der Waals surface area contributed by atoms with Crippen LogP contribution in [0.5, 0.6) is 0 Å². The van der Waals surface area contributed by atoms with Crippen molar-refractivity contribution in [2.24, 2.45) is 0 Å².